The molecule has 0 fully saturated rings. The molecule has 0 aliphatic heterocycles. The van der Waals surface area contributed by atoms with Crippen molar-refractivity contribution in [1.29, 1.82) is 0 Å². The number of nitrogens with zero attached hydrogens (tertiary/aromatic N) is 4. The van der Waals surface area contributed by atoms with E-state index in [1.54, 1.807) is 12.4 Å². The van der Waals surface area contributed by atoms with Gasteiger partial charge < -0.3 is 9.30 Å². The average molecular weight is 322 g/mol. The summed E-state index contributed by atoms with van der Waals surface area (Å²) in [5.41, 5.74) is 4.04. The number of aromatic nitrogens is 3. The minimum absolute atomic E-state index is 0.118. The number of carbonyl (C=O) groups excluding carboxylic acids is 1. The van der Waals surface area contributed by atoms with Crippen molar-refractivity contribution in [1.82, 2.24) is 19.3 Å². The van der Waals surface area contributed by atoms with Gasteiger partial charge >= 0.3 is 0 Å². The first-order valence-corrected chi connectivity index (χ1v) is 8.27. The number of carbonyl (C=O) groups is 1. The Morgan fingerprint density at radius 2 is 2.04 bits per heavy atom. The number of aryl methyl sites for hydroxylation is 1. The normalized spacial score (nSPS) is 10.9. The van der Waals surface area contributed by atoms with Gasteiger partial charge in [-0.05, 0) is 49.6 Å². The van der Waals surface area contributed by atoms with Crippen LogP contribution in [0.15, 0.2) is 49.1 Å². The third kappa shape index (κ3) is 3.62. The molecule has 0 aromatic carbocycles. The predicted octanol–water partition coefficient (Wildman–Crippen LogP) is 2.67. The smallest absolute Gasteiger partial charge is 0.228 e. The zero-order chi connectivity index (χ0) is 16.9. The topological polar surface area (TPSA) is 50.5 Å². The molecule has 0 saturated carbocycles. The summed E-state index contributed by atoms with van der Waals surface area (Å²) in [5, 5.41) is 0. The highest BCUT2D eigenvalue weighted by atomic mass is 16.2. The fraction of sp³-hybridized carbons (Fsp3) is 0.316. The van der Waals surface area contributed by atoms with Crippen LogP contribution in [0, 0.1) is 6.92 Å². The Kier molecular flexibility index (Phi) is 4.89. The second-order valence-electron chi connectivity index (χ2n) is 5.91. The van der Waals surface area contributed by atoms with Gasteiger partial charge in [0.2, 0.25) is 5.91 Å². The van der Waals surface area contributed by atoms with E-state index < -0.39 is 0 Å². The molecule has 3 heterocycles. The Morgan fingerprint density at radius 3 is 2.75 bits per heavy atom. The first-order chi connectivity index (χ1) is 11.7. The lowest BCUT2D eigenvalue weighted by atomic mass is 10.2. The van der Waals surface area contributed by atoms with Crippen LogP contribution in [0.5, 0.6) is 0 Å². The van der Waals surface area contributed by atoms with Crippen molar-refractivity contribution < 1.29 is 4.79 Å². The zero-order valence-corrected chi connectivity index (χ0v) is 14.1. The van der Waals surface area contributed by atoms with Gasteiger partial charge in [0.05, 0.1) is 12.1 Å². The zero-order valence-electron chi connectivity index (χ0n) is 14.1. The van der Waals surface area contributed by atoms with E-state index in [1.165, 1.54) is 5.56 Å². The van der Waals surface area contributed by atoms with E-state index in [0.717, 1.165) is 23.3 Å². The van der Waals surface area contributed by atoms with Gasteiger partial charge in [0.1, 0.15) is 5.65 Å². The van der Waals surface area contributed by atoms with Crippen LogP contribution in [-0.4, -0.2) is 38.3 Å². The van der Waals surface area contributed by atoms with E-state index in [9.17, 15) is 4.79 Å². The molecule has 3 aromatic rings. The molecular weight excluding hydrogens is 300 g/mol. The highest BCUT2D eigenvalue weighted by Gasteiger charge is 2.14. The van der Waals surface area contributed by atoms with Crippen molar-refractivity contribution >= 4 is 11.6 Å². The number of pyridine rings is 2. The molecule has 0 atom stereocenters. The maximum absolute atomic E-state index is 12.6. The highest BCUT2D eigenvalue weighted by Crippen LogP contribution is 2.11. The number of fused-ring (bicyclic) bond motifs is 1. The maximum Gasteiger partial charge on any atom is 0.228 e. The van der Waals surface area contributed by atoms with Crippen LogP contribution in [0.3, 0.4) is 0 Å². The van der Waals surface area contributed by atoms with Crippen molar-refractivity contribution in [2.24, 2.45) is 0 Å². The number of hydrogen-bond donors (Lipinski definition) is 0. The molecule has 0 radical (unpaired) electrons. The second kappa shape index (κ2) is 7.25. The summed E-state index contributed by atoms with van der Waals surface area (Å²) in [6.07, 6.45) is 8.65. The van der Waals surface area contributed by atoms with Gasteiger partial charge in [-0.2, -0.15) is 0 Å². The van der Waals surface area contributed by atoms with Crippen LogP contribution in [-0.2, 0) is 17.6 Å². The molecule has 0 N–H and O–H groups in total. The third-order valence-electron chi connectivity index (χ3n) is 4.21. The lowest BCUT2D eigenvalue weighted by Crippen LogP contribution is -2.34. The molecule has 0 unspecified atom stereocenters. The van der Waals surface area contributed by atoms with E-state index >= 15 is 0 Å². The Bertz CT molecular complexity index is 826. The van der Waals surface area contributed by atoms with Crippen LogP contribution >= 0.6 is 0 Å². The van der Waals surface area contributed by atoms with Crippen LogP contribution < -0.4 is 0 Å². The molecule has 0 spiro atoms. The Hall–Kier alpha value is -2.69. The molecule has 0 bridgehead atoms. The van der Waals surface area contributed by atoms with Crippen molar-refractivity contribution in [3.05, 3.63) is 65.9 Å². The van der Waals surface area contributed by atoms with E-state index in [4.69, 9.17) is 0 Å². The number of imidazole rings is 1. The van der Waals surface area contributed by atoms with Crippen molar-refractivity contribution in [2.45, 2.75) is 26.7 Å². The van der Waals surface area contributed by atoms with E-state index in [0.29, 0.717) is 19.5 Å². The molecule has 1 amide bonds. The number of rotatable bonds is 6. The maximum atomic E-state index is 12.6. The highest BCUT2D eigenvalue weighted by molar-refractivity contribution is 5.78. The SMILES string of the molecule is CCN(CCc1ccncc1)C(=O)Cc1cn2cccc(C)c2n1. The lowest BCUT2D eigenvalue weighted by Gasteiger charge is -2.20. The number of hydrogen-bond acceptors (Lipinski definition) is 3. The van der Waals surface area contributed by atoms with Crippen LogP contribution in [0.25, 0.3) is 5.65 Å². The number of likely N-dealkylation sites (N-methyl/N-ethyl adjacent to an activating group) is 1. The first kappa shape index (κ1) is 16.2. The summed E-state index contributed by atoms with van der Waals surface area (Å²) in [4.78, 5) is 23.1. The largest absolute Gasteiger partial charge is 0.342 e. The summed E-state index contributed by atoms with van der Waals surface area (Å²) >= 11 is 0. The lowest BCUT2D eigenvalue weighted by molar-refractivity contribution is -0.130. The summed E-state index contributed by atoms with van der Waals surface area (Å²) in [6.45, 7) is 5.46. The molecule has 5 nitrogen and oxygen atoms in total. The van der Waals surface area contributed by atoms with Gasteiger partial charge in [-0.25, -0.2) is 4.98 Å². The van der Waals surface area contributed by atoms with Crippen LogP contribution in [0.1, 0.15) is 23.7 Å². The van der Waals surface area contributed by atoms with Gasteiger partial charge in [0.15, 0.2) is 0 Å². The monoisotopic (exact) mass is 322 g/mol. The molecule has 0 saturated heterocycles. The van der Waals surface area contributed by atoms with Gasteiger partial charge in [-0.1, -0.05) is 6.07 Å². The standard InChI is InChI=1S/C19H22N4O/c1-3-22(12-8-16-6-9-20-10-7-16)18(24)13-17-14-23-11-4-5-15(2)19(23)21-17/h4-7,9-11,14H,3,8,12-13H2,1-2H3. The van der Waals surface area contributed by atoms with E-state index in [2.05, 4.69) is 9.97 Å². The van der Waals surface area contributed by atoms with E-state index in [1.807, 2.05) is 59.8 Å². The second-order valence-corrected chi connectivity index (χ2v) is 5.91. The van der Waals surface area contributed by atoms with Crippen molar-refractivity contribution in [3.63, 3.8) is 0 Å². The quantitative estimate of drug-likeness (QED) is 0.701. The van der Waals surface area contributed by atoms with Gasteiger partial charge in [0.25, 0.3) is 0 Å². The molecule has 5 heteroatoms. The summed E-state index contributed by atoms with van der Waals surface area (Å²) < 4.78 is 1.98. The Balaban J connectivity index is 1.66. The fourth-order valence-electron chi connectivity index (χ4n) is 2.83. The summed E-state index contributed by atoms with van der Waals surface area (Å²) in [7, 11) is 0. The third-order valence-corrected chi connectivity index (χ3v) is 4.21. The summed E-state index contributed by atoms with van der Waals surface area (Å²) in [6, 6.07) is 8.00. The molecular formula is C19H22N4O. The van der Waals surface area contributed by atoms with Crippen LogP contribution in [0.4, 0.5) is 0 Å². The van der Waals surface area contributed by atoms with Crippen molar-refractivity contribution in [2.75, 3.05) is 13.1 Å². The van der Waals surface area contributed by atoms with Gasteiger partial charge in [-0.3, -0.25) is 9.78 Å². The molecule has 24 heavy (non-hydrogen) atoms. The molecule has 0 aliphatic carbocycles. The number of amides is 1. The van der Waals surface area contributed by atoms with Crippen molar-refractivity contribution in [3.8, 4) is 0 Å². The van der Waals surface area contributed by atoms with Gasteiger partial charge in [-0.15, -0.1) is 0 Å². The molecule has 3 aromatic heterocycles. The average Bonchev–Trinajstić information content (AvgIpc) is 3.00. The Morgan fingerprint density at radius 1 is 1.25 bits per heavy atom. The van der Waals surface area contributed by atoms with Crippen LogP contribution in [0.2, 0.25) is 0 Å². The minimum Gasteiger partial charge on any atom is -0.342 e. The molecule has 3 rings (SSSR count). The summed E-state index contributed by atoms with van der Waals surface area (Å²) in [5.74, 6) is 0.118. The fourth-order valence-corrected chi connectivity index (χ4v) is 2.83. The van der Waals surface area contributed by atoms with Gasteiger partial charge in [0, 0.05) is 37.9 Å². The first-order valence-electron chi connectivity index (χ1n) is 8.27. The Labute approximate surface area is 142 Å². The molecule has 124 valence electrons. The molecule has 0 aliphatic rings. The van der Waals surface area contributed by atoms with E-state index in [-0.39, 0.29) is 5.91 Å². The minimum atomic E-state index is 0.118. The predicted molar refractivity (Wildman–Crippen MR) is 93.8 cm³/mol.